The molecule has 110 valence electrons. The van der Waals surface area contributed by atoms with Gasteiger partial charge in [0.05, 0.1) is 11.5 Å². The topological polar surface area (TPSA) is 122 Å². The van der Waals surface area contributed by atoms with E-state index in [-0.39, 0.29) is 29.9 Å². The van der Waals surface area contributed by atoms with Crippen LogP contribution < -0.4 is 16.0 Å². The molecule has 1 rings (SSSR count). The summed E-state index contributed by atoms with van der Waals surface area (Å²) in [6.45, 7) is 4.84. The fraction of sp³-hybridized carbons (Fsp3) is 0.545. The van der Waals surface area contributed by atoms with Crippen LogP contribution in [0.15, 0.2) is 6.20 Å². The molecule has 0 aromatic carbocycles. The summed E-state index contributed by atoms with van der Waals surface area (Å²) in [6, 6.07) is 0. The highest BCUT2D eigenvalue weighted by Crippen LogP contribution is 2.21. The van der Waals surface area contributed by atoms with E-state index in [1.165, 1.54) is 0 Å². The maximum Gasteiger partial charge on any atom is 0.329 e. The van der Waals surface area contributed by atoms with Crippen LogP contribution in [0.4, 0.5) is 17.5 Å². The lowest BCUT2D eigenvalue weighted by Crippen LogP contribution is -2.29. The third-order valence-electron chi connectivity index (χ3n) is 2.29. The number of amides is 1. The average Bonchev–Trinajstić information content (AvgIpc) is 2.43. The number of hydrogen-bond acceptors (Lipinski definition) is 7. The van der Waals surface area contributed by atoms with Crippen molar-refractivity contribution >= 4 is 23.4 Å². The Bertz CT molecular complexity index is 479. The Kier molecular flexibility index (Phi) is 6.14. The summed E-state index contributed by atoms with van der Waals surface area (Å²) < 4.78 is 0. The molecule has 0 saturated carbocycles. The molecule has 9 nitrogen and oxygen atoms in total. The largest absolute Gasteiger partial charge is 0.355 e. The molecule has 1 heterocycles. The highest BCUT2D eigenvalue weighted by molar-refractivity contribution is 5.81. The Morgan fingerprint density at radius 2 is 2.15 bits per heavy atom. The van der Waals surface area contributed by atoms with Gasteiger partial charge in [-0.1, -0.05) is 6.92 Å². The summed E-state index contributed by atoms with van der Waals surface area (Å²) in [4.78, 5) is 29.5. The first-order valence-corrected chi connectivity index (χ1v) is 6.34. The van der Waals surface area contributed by atoms with Gasteiger partial charge < -0.3 is 16.0 Å². The molecule has 0 fully saturated rings. The van der Waals surface area contributed by atoms with Crippen LogP contribution in [-0.2, 0) is 4.79 Å². The van der Waals surface area contributed by atoms with Gasteiger partial charge in [-0.15, -0.1) is 0 Å². The minimum absolute atomic E-state index is 0.0230. The molecule has 1 aromatic rings. The van der Waals surface area contributed by atoms with Gasteiger partial charge in [-0.25, -0.2) is 4.98 Å². The molecule has 0 unspecified atom stereocenters. The lowest BCUT2D eigenvalue weighted by atomic mass is 10.4. The van der Waals surface area contributed by atoms with Crippen molar-refractivity contribution in [3.63, 3.8) is 0 Å². The maximum absolute atomic E-state index is 11.4. The van der Waals surface area contributed by atoms with Gasteiger partial charge in [-0.05, 0) is 13.3 Å². The summed E-state index contributed by atoms with van der Waals surface area (Å²) in [5.74, 6) is 0.0502. The highest BCUT2D eigenvalue weighted by atomic mass is 16.6. The number of hydrogen-bond donors (Lipinski definition) is 3. The molecule has 20 heavy (non-hydrogen) atoms. The summed E-state index contributed by atoms with van der Waals surface area (Å²) in [5, 5.41) is 19.0. The second-order valence-corrected chi connectivity index (χ2v) is 3.92. The number of rotatable bonds is 8. The highest BCUT2D eigenvalue weighted by Gasteiger charge is 2.17. The Labute approximate surface area is 116 Å². The number of nitro groups is 1. The van der Waals surface area contributed by atoms with Gasteiger partial charge in [0, 0.05) is 13.1 Å². The maximum atomic E-state index is 11.4. The number of carbonyl (C=O) groups is 1. The third-order valence-corrected chi connectivity index (χ3v) is 2.29. The Morgan fingerprint density at radius 3 is 2.75 bits per heavy atom. The predicted octanol–water partition coefficient (Wildman–Crippen LogP) is 0.755. The van der Waals surface area contributed by atoms with Crippen molar-refractivity contribution in [3.8, 4) is 0 Å². The van der Waals surface area contributed by atoms with E-state index in [0.29, 0.717) is 13.1 Å². The SMILES string of the molecule is CCCNc1ncc([N+](=O)[O-])c(NCC(=O)NCC)n1. The quantitative estimate of drug-likeness (QED) is 0.475. The molecule has 9 heteroatoms. The van der Waals surface area contributed by atoms with Crippen molar-refractivity contribution in [2.45, 2.75) is 20.3 Å². The molecule has 3 N–H and O–H groups in total. The third kappa shape index (κ3) is 4.67. The van der Waals surface area contributed by atoms with Crippen molar-refractivity contribution in [3.05, 3.63) is 16.3 Å². The van der Waals surface area contributed by atoms with E-state index < -0.39 is 4.92 Å². The molecular formula is C11H18N6O3. The summed E-state index contributed by atoms with van der Waals surface area (Å²) >= 11 is 0. The molecule has 0 bridgehead atoms. The first-order valence-electron chi connectivity index (χ1n) is 6.34. The zero-order valence-electron chi connectivity index (χ0n) is 11.5. The molecule has 1 amide bonds. The van der Waals surface area contributed by atoms with E-state index >= 15 is 0 Å². The number of nitrogens with one attached hydrogen (secondary N) is 3. The van der Waals surface area contributed by atoms with Crippen LogP contribution in [0, 0.1) is 10.1 Å². The Hall–Kier alpha value is -2.45. The number of aromatic nitrogens is 2. The normalized spacial score (nSPS) is 9.90. The molecule has 0 atom stereocenters. The number of anilines is 2. The lowest BCUT2D eigenvalue weighted by Gasteiger charge is -2.08. The summed E-state index contributed by atoms with van der Waals surface area (Å²) in [5.41, 5.74) is -0.267. The first-order chi connectivity index (χ1) is 9.58. The lowest BCUT2D eigenvalue weighted by molar-refractivity contribution is -0.384. The van der Waals surface area contributed by atoms with Crippen LogP contribution >= 0.6 is 0 Å². The number of carbonyl (C=O) groups excluding carboxylic acids is 1. The van der Waals surface area contributed by atoms with Crippen LogP contribution in [0.1, 0.15) is 20.3 Å². The Balaban J connectivity index is 2.82. The minimum Gasteiger partial charge on any atom is -0.355 e. The first kappa shape index (κ1) is 15.6. The molecule has 0 saturated heterocycles. The zero-order valence-corrected chi connectivity index (χ0v) is 11.5. The van der Waals surface area contributed by atoms with Crippen LogP contribution in [0.2, 0.25) is 0 Å². The molecule has 0 aliphatic rings. The van der Waals surface area contributed by atoms with Gasteiger partial charge >= 0.3 is 5.69 Å². The molecular weight excluding hydrogens is 264 g/mol. The van der Waals surface area contributed by atoms with E-state index in [2.05, 4.69) is 25.9 Å². The van der Waals surface area contributed by atoms with E-state index in [1.54, 1.807) is 6.92 Å². The van der Waals surface area contributed by atoms with Gasteiger partial charge in [-0.3, -0.25) is 14.9 Å². The molecule has 0 spiro atoms. The second-order valence-electron chi connectivity index (χ2n) is 3.92. The van der Waals surface area contributed by atoms with Crippen molar-refractivity contribution < 1.29 is 9.72 Å². The zero-order chi connectivity index (χ0) is 15.0. The van der Waals surface area contributed by atoms with Gasteiger partial charge in [0.2, 0.25) is 17.7 Å². The van der Waals surface area contributed by atoms with E-state index in [4.69, 9.17) is 0 Å². The van der Waals surface area contributed by atoms with Crippen molar-refractivity contribution in [2.75, 3.05) is 30.3 Å². The average molecular weight is 282 g/mol. The van der Waals surface area contributed by atoms with Crippen LogP contribution in [0.25, 0.3) is 0 Å². The van der Waals surface area contributed by atoms with Crippen molar-refractivity contribution in [1.29, 1.82) is 0 Å². The summed E-state index contributed by atoms with van der Waals surface area (Å²) in [7, 11) is 0. The van der Waals surface area contributed by atoms with Crippen molar-refractivity contribution in [2.24, 2.45) is 0 Å². The fourth-order valence-corrected chi connectivity index (χ4v) is 1.38. The van der Waals surface area contributed by atoms with E-state index in [1.807, 2.05) is 6.92 Å². The van der Waals surface area contributed by atoms with E-state index in [9.17, 15) is 14.9 Å². The smallest absolute Gasteiger partial charge is 0.329 e. The summed E-state index contributed by atoms with van der Waals surface area (Å²) in [6.07, 6.45) is 1.99. The standard InChI is InChI=1S/C11H18N6O3/c1-3-5-13-11-15-6-8(17(19)20)10(16-11)14-7-9(18)12-4-2/h6H,3-5,7H2,1-2H3,(H,12,18)(H2,13,14,15,16). The van der Waals surface area contributed by atoms with Gasteiger partial charge in [0.15, 0.2) is 0 Å². The second kappa shape index (κ2) is 7.87. The van der Waals surface area contributed by atoms with Crippen molar-refractivity contribution in [1.82, 2.24) is 15.3 Å². The minimum atomic E-state index is -0.594. The van der Waals surface area contributed by atoms with Crippen LogP contribution in [0.3, 0.4) is 0 Å². The predicted molar refractivity (Wildman–Crippen MR) is 74.6 cm³/mol. The number of likely N-dealkylation sites (N-methyl/N-ethyl adjacent to an activating group) is 1. The van der Waals surface area contributed by atoms with Gasteiger partial charge in [0.25, 0.3) is 0 Å². The number of nitrogens with zero attached hydrogens (tertiary/aromatic N) is 3. The monoisotopic (exact) mass is 282 g/mol. The van der Waals surface area contributed by atoms with Gasteiger partial charge in [0.1, 0.15) is 6.20 Å². The molecule has 1 aromatic heterocycles. The molecule has 0 radical (unpaired) electrons. The fourth-order valence-electron chi connectivity index (χ4n) is 1.38. The van der Waals surface area contributed by atoms with Gasteiger partial charge in [-0.2, -0.15) is 4.98 Å². The molecule has 0 aliphatic heterocycles. The van der Waals surface area contributed by atoms with E-state index in [0.717, 1.165) is 12.6 Å². The molecule has 0 aliphatic carbocycles. The van der Waals surface area contributed by atoms with Crippen LogP contribution in [0.5, 0.6) is 0 Å². The Morgan fingerprint density at radius 1 is 1.40 bits per heavy atom. The van der Waals surface area contributed by atoms with Crippen LogP contribution in [-0.4, -0.2) is 40.4 Å².